The number of aromatic nitrogens is 3. The Balaban J connectivity index is 2.22. The molecule has 0 saturated carbocycles. The van der Waals surface area contributed by atoms with Crippen LogP contribution in [0.1, 0.15) is 5.56 Å². The fraction of sp³-hybridized carbons (Fsp3) is 0.0769. The molecule has 18 heavy (non-hydrogen) atoms. The molecule has 0 fully saturated rings. The SMILES string of the molecule is NCc1cnc2c(cnn2-c2ccccc2O)c1. The largest absolute Gasteiger partial charge is 0.506 e. The van der Waals surface area contributed by atoms with Crippen LogP contribution in [0.2, 0.25) is 0 Å². The molecule has 3 aromatic rings. The van der Waals surface area contributed by atoms with Crippen molar-refractivity contribution in [3.63, 3.8) is 0 Å². The van der Waals surface area contributed by atoms with E-state index in [4.69, 9.17) is 5.73 Å². The average molecular weight is 240 g/mol. The summed E-state index contributed by atoms with van der Waals surface area (Å²) in [7, 11) is 0. The Bertz CT molecular complexity index is 705. The van der Waals surface area contributed by atoms with Gasteiger partial charge in [-0.1, -0.05) is 12.1 Å². The number of para-hydroxylation sites is 2. The van der Waals surface area contributed by atoms with Crippen molar-refractivity contribution >= 4 is 11.0 Å². The highest BCUT2D eigenvalue weighted by Crippen LogP contribution is 2.23. The van der Waals surface area contributed by atoms with E-state index in [-0.39, 0.29) is 5.75 Å². The second-order valence-corrected chi connectivity index (χ2v) is 4.01. The maximum absolute atomic E-state index is 9.83. The number of hydrogen-bond acceptors (Lipinski definition) is 4. The van der Waals surface area contributed by atoms with E-state index in [1.165, 1.54) is 0 Å². The zero-order valence-electron chi connectivity index (χ0n) is 9.61. The molecule has 0 aliphatic carbocycles. The molecule has 0 unspecified atom stereocenters. The first-order valence-corrected chi connectivity index (χ1v) is 5.60. The molecule has 5 heteroatoms. The minimum absolute atomic E-state index is 0.173. The summed E-state index contributed by atoms with van der Waals surface area (Å²) in [4.78, 5) is 4.34. The van der Waals surface area contributed by atoms with Crippen LogP contribution in [0.15, 0.2) is 42.7 Å². The van der Waals surface area contributed by atoms with Crippen molar-refractivity contribution < 1.29 is 5.11 Å². The van der Waals surface area contributed by atoms with Gasteiger partial charge in [-0.3, -0.25) is 0 Å². The predicted octanol–water partition coefficient (Wildman–Crippen LogP) is 1.58. The molecule has 2 aromatic heterocycles. The topological polar surface area (TPSA) is 77.0 Å². The van der Waals surface area contributed by atoms with Gasteiger partial charge in [0.1, 0.15) is 11.4 Å². The minimum Gasteiger partial charge on any atom is -0.506 e. The molecule has 5 nitrogen and oxygen atoms in total. The second kappa shape index (κ2) is 4.12. The summed E-state index contributed by atoms with van der Waals surface area (Å²) in [6.45, 7) is 0.449. The van der Waals surface area contributed by atoms with Gasteiger partial charge in [-0.15, -0.1) is 0 Å². The van der Waals surface area contributed by atoms with Crippen LogP contribution in [0.25, 0.3) is 16.7 Å². The summed E-state index contributed by atoms with van der Waals surface area (Å²) in [5.74, 6) is 0.173. The predicted molar refractivity (Wildman–Crippen MR) is 68.4 cm³/mol. The number of rotatable bonds is 2. The van der Waals surface area contributed by atoms with Crippen LogP contribution < -0.4 is 5.73 Å². The lowest BCUT2D eigenvalue weighted by atomic mass is 10.2. The van der Waals surface area contributed by atoms with Crippen molar-refractivity contribution in [1.82, 2.24) is 14.8 Å². The Labute approximate surface area is 103 Å². The lowest BCUT2D eigenvalue weighted by Crippen LogP contribution is -2.00. The van der Waals surface area contributed by atoms with Gasteiger partial charge in [0.15, 0.2) is 5.65 Å². The summed E-state index contributed by atoms with van der Waals surface area (Å²) in [5.41, 5.74) is 7.85. The third-order valence-electron chi connectivity index (χ3n) is 2.81. The highest BCUT2D eigenvalue weighted by Gasteiger charge is 2.09. The van der Waals surface area contributed by atoms with Gasteiger partial charge in [-0.05, 0) is 23.8 Å². The normalized spacial score (nSPS) is 10.9. The summed E-state index contributed by atoms with van der Waals surface area (Å²) in [5, 5.41) is 15.0. The summed E-state index contributed by atoms with van der Waals surface area (Å²) >= 11 is 0. The smallest absolute Gasteiger partial charge is 0.163 e. The maximum atomic E-state index is 9.83. The first-order chi connectivity index (χ1) is 8.79. The lowest BCUT2D eigenvalue weighted by Gasteiger charge is -2.05. The number of phenols is 1. The van der Waals surface area contributed by atoms with Crippen LogP contribution in [0, 0.1) is 0 Å². The van der Waals surface area contributed by atoms with E-state index in [0.717, 1.165) is 10.9 Å². The Kier molecular flexibility index (Phi) is 2.46. The monoisotopic (exact) mass is 240 g/mol. The fourth-order valence-electron chi connectivity index (χ4n) is 1.90. The summed E-state index contributed by atoms with van der Waals surface area (Å²) in [6.07, 6.45) is 3.44. The van der Waals surface area contributed by atoms with Crippen LogP contribution in [0.4, 0.5) is 0 Å². The van der Waals surface area contributed by atoms with Gasteiger partial charge in [-0.2, -0.15) is 5.10 Å². The van der Waals surface area contributed by atoms with Gasteiger partial charge in [0.25, 0.3) is 0 Å². The Morgan fingerprint density at radius 1 is 1.22 bits per heavy atom. The molecule has 1 aromatic carbocycles. The molecule has 0 atom stereocenters. The Morgan fingerprint density at radius 2 is 2.06 bits per heavy atom. The first kappa shape index (κ1) is 10.7. The first-order valence-electron chi connectivity index (χ1n) is 5.60. The van der Waals surface area contributed by atoms with E-state index >= 15 is 0 Å². The zero-order valence-corrected chi connectivity index (χ0v) is 9.61. The number of hydrogen-bond donors (Lipinski definition) is 2. The van der Waals surface area contributed by atoms with Crippen LogP contribution in [0.3, 0.4) is 0 Å². The van der Waals surface area contributed by atoms with E-state index in [9.17, 15) is 5.11 Å². The molecule has 0 saturated heterocycles. The van der Waals surface area contributed by atoms with E-state index in [2.05, 4.69) is 10.1 Å². The van der Waals surface area contributed by atoms with E-state index in [1.807, 2.05) is 12.1 Å². The van der Waals surface area contributed by atoms with Crippen molar-refractivity contribution in [2.75, 3.05) is 0 Å². The highest BCUT2D eigenvalue weighted by atomic mass is 16.3. The van der Waals surface area contributed by atoms with Crippen LogP contribution in [-0.2, 0) is 6.54 Å². The van der Waals surface area contributed by atoms with Crippen LogP contribution in [-0.4, -0.2) is 19.9 Å². The van der Waals surface area contributed by atoms with Gasteiger partial charge < -0.3 is 10.8 Å². The van der Waals surface area contributed by atoms with Crippen molar-refractivity contribution in [1.29, 1.82) is 0 Å². The zero-order chi connectivity index (χ0) is 12.5. The van der Waals surface area contributed by atoms with E-state index < -0.39 is 0 Å². The second-order valence-electron chi connectivity index (χ2n) is 4.01. The molecule has 90 valence electrons. The number of phenolic OH excluding ortho intramolecular Hbond substituents is 1. The quantitative estimate of drug-likeness (QED) is 0.713. The summed E-state index contributed by atoms with van der Waals surface area (Å²) < 4.78 is 1.62. The van der Waals surface area contributed by atoms with Crippen molar-refractivity contribution in [3.05, 3.63) is 48.3 Å². The third kappa shape index (κ3) is 1.61. The standard InChI is InChI=1S/C13H12N4O/c14-6-9-5-10-8-16-17(13(10)15-7-9)11-3-1-2-4-12(11)18/h1-5,7-8,18H,6,14H2. The van der Waals surface area contributed by atoms with Crippen molar-refractivity contribution in [2.24, 2.45) is 5.73 Å². The number of aromatic hydroxyl groups is 1. The molecular formula is C13H12N4O. The number of nitrogens with zero attached hydrogens (tertiary/aromatic N) is 3. The number of pyridine rings is 1. The molecule has 0 spiro atoms. The van der Waals surface area contributed by atoms with Crippen LogP contribution in [0.5, 0.6) is 5.75 Å². The molecule has 0 bridgehead atoms. The van der Waals surface area contributed by atoms with E-state index in [1.54, 1.807) is 35.3 Å². The van der Waals surface area contributed by atoms with Gasteiger partial charge in [0, 0.05) is 18.1 Å². The van der Waals surface area contributed by atoms with Crippen molar-refractivity contribution in [2.45, 2.75) is 6.54 Å². The number of fused-ring (bicyclic) bond motifs is 1. The lowest BCUT2D eigenvalue weighted by molar-refractivity contribution is 0.471. The number of nitrogens with two attached hydrogens (primary N) is 1. The highest BCUT2D eigenvalue weighted by molar-refractivity contribution is 5.77. The molecular weight excluding hydrogens is 228 g/mol. The van der Waals surface area contributed by atoms with Crippen molar-refractivity contribution in [3.8, 4) is 11.4 Å². The molecule has 0 radical (unpaired) electrons. The minimum atomic E-state index is 0.173. The summed E-state index contributed by atoms with van der Waals surface area (Å²) in [6, 6.07) is 8.98. The van der Waals surface area contributed by atoms with Gasteiger partial charge in [0.2, 0.25) is 0 Å². The van der Waals surface area contributed by atoms with Crippen LogP contribution >= 0.6 is 0 Å². The Hall–Kier alpha value is -2.40. The molecule has 3 rings (SSSR count). The number of benzene rings is 1. The fourth-order valence-corrected chi connectivity index (χ4v) is 1.90. The average Bonchev–Trinajstić information content (AvgIpc) is 2.82. The molecule has 2 heterocycles. The molecule has 0 aliphatic heterocycles. The maximum Gasteiger partial charge on any atom is 0.163 e. The van der Waals surface area contributed by atoms with E-state index in [0.29, 0.717) is 17.9 Å². The molecule has 0 aliphatic rings. The van der Waals surface area contributed by atoms with Gasteiger partial charge >= 0.3 is 0 Å². The van der Waals surface area contributed by atoms with Gasteiger partial charge in [0.05, 0.1) is 6.20 Å². The third-order valence-corrected chi connectivity index (χ3v) is 2.81. The molecule has 3 N–H and O–H groups in total. The Morgan fingerprint density at radius 3 is 2.83 bits per heavy atom. The molecule has 0 amide bonds. The van der Waals surface area contributed by atoms with Gasteiger partial charge in [-0.25, -0.2) is 9.67 Å².